The van der Waals surface area contributed by atoms with E-state index in [0.717, 1.165) is 12.8 Å². The molecule has 184 valence electrons. The molecule has 2 saturated heterocycles. The van der Waals surface area contributed by atoms with Crippen molar-refractivity contribution in [3.8, 4) is 5.69 Å². The Morgan fingerprint density at radius 3 is 2.40 bits per heavy atom. The molecule has 1 aromatic heterocycles. The number of benzene rings is 2. The van der Waals surface area contributed by atoms with Gasteiger partial charge in [-0.25, -0.2) is 4.98 Å². The molecule has 35 heavy (non-hydrogen) atoms. The number of piperidine rings is 1. The van der Waals surface area contributed by atoms with E-state index in [2.05, 4.69) is 10.3 Å². The number of aryl methyl sites for hydroxylation is 1. The first-order chi connectivity index (χ1) is 16.8. The molecule has 10 heteroatoms. The summed E-state index contributed by atoms with van der Waals surface area (Å²) in [5, 5.41) is 3.46. The van der Waals surface area contributed by atoms with E-state index < -0.39 is 16.1 Å². The van der Waals surface area contributed by atoms with Crippen molar-refractivity contribution in [2.75, 3.05) is 31.5 Å². The van der Waals surface area contributed by atoms with Crippen LogP contribution in [0.4, 0.5) is 5.69 Å². The molecule has 1 N–H and O–H groups in total. The van der Waals surface area contributed by atoms with E-state index in [1.807, 2.05) is 18.2 Å². The average Bonchev–Trinajstić information content (AvgIpc) is 3.41. The molecule has 1 amide bonds. The third kappa shape index (κ3) is 4.61. The van der Waals surface area contributed by atoms with Gasteiger partial charge in [0, 0.05) is 31.9 Å². The quantitative estimate of drug-likeness (QED) is 0.586. The van der Waals surface area contributed by atoms with Crippen LogP contribution in [-0.2, 0) is 15.0 Å². The molecule has 3 aromatic rings. The van der Waals surface area contributed by atoms with Crippen LogP contribution in [0.15, 0.2) is 53.3 Å². The minimum absolute atomic E-state index is 0.147. The number of nitrogens with zero attached hydrogens (tertiary/aromatic N) is 4. The zero-order valence-electron chi connectivity index (χ0n) is 19.7. The van der Waals surface area contributed by atoms with E-state index in [-0.39, 0.29) is 18.0 Å². The van der Waals surface area contributed by atoms with Gasteiger partial charge < -0.3 is 5.32 Å². The Labute approximate surface area is 204 Å². The molecular formula is C25H29N5O4S. The molecule has 2 aliphatic heterocycles. The maximum absolute atomic E-state index is 13.0. The highest BCUT2D eigenvalue weighted by molar-refractivity contribution is 7.86. The Kier molecular flexibility index (Phi) is 6.43. The highest BCUT2D eigenvalue weighted by Gasteiger charge is 2.36. The fourth-order valence-corrected chi connectivity index (χ4v) is 6.71. The van der Waals surface area contributed by atoms with E-state index in [4.69, 9.17) is 0 Å². The third-order valence-corrected chi connectivity index (χ3v) is 8.81. The van der Waals surface area contributed by atoms with E-state index in [1.54, 1.807) is 41.8 Å². The van der Waals surface area contributed by atoms with Crippen molar-refractivity contribution in [2.24, 2.45) is 5.92 Å². The number of carbonyl (C=O) groups is 1. The molecule has 5 rings (SSSR count). The van der Waals surface area contributed by atoms with Crippen LogP contribution >= 0.6 is 0 Å². The first-order valence-corrected chi connectivity index (χ1v) is 13.4. The van der Waals surface area contributed by atoms with Crippen LogP contribution in [0, 0.1) is 12.8 Å². The first kappa shape index (κ1) is 23.7. The summed E-state index contributed by atoms with van der Waals surface area (Å²) in [6, 6.07) is 14.3. The Morgan fingerprint density at radius 2 is 1.66 bits per heavy atom. The number of fused-ring (bicyclic) bond motifs is 1. The van der Waals surface area contributed by atoms with Crippen molar-refractivity contribution in [3.05, 3.63) is 64.7 Å². The predicted molar refractivity (Wildman–Crippen MR) is 135 cm³/mol. The summed E-state index contributed by atoms with van der Waals surface area (Å²) in [5.41, 5.74) is 1.76. The van der Waals surface area contributed by atoms with E-state index in [1.165, 1.54) is 8.61 Å². The molecule has 0 saturated carbocycles. The zero-order valence-corrected chi connectivity index (χ0v) is 20.5. The van der Waals surface area contributed by atoms with Gasteiger partial charge in [0.25, 0.3) is 15.8 Å². The monoisotopic (exact) mass is 495 g/mol. The number of para-hydroxylation sites is 1. The van der Waals surface area contributed by atoms with Gasteiger partial charge in [-0.3, -0.25) is 14.2 Å². The summed E-state index contributed by atoms with van der Waals surface area (Å²) in [5.74, 6) is -0.0258. The van der Waals surface area contributed by atoms with Gasteiger partial charge in [0.2, 0.25) is 5.91 Å². The molecule has 0 aliphatic carbocycles. The molecule has 0 spiro atoms. The molecular weight excluding hydrogens is 466 g/mol. The van der Waals surface area contributed by atoms with Crippen molar-refractivity contribution >= 4 is 32.7 Å². The number of aromatic nitrogens is 2. The molecule has 0 radical (unpaired) electrons. The second-order valence-electron chi connectivity index (χ2n) is 9.16. The second kappa shape index (κ2) is 9.52. The van der Waals surface area contributed by atoms with Crippen molar-refractivity contribution in [2.45, 2.75) is 32.6 Å². The number of hydrogen-bond donors (Lipinski definition) is 1. The van der Waals surface area contributed by atoms with Gasteiger partial charge in [-0.1, -0.05) is 12.1 Å². The van der Waals surface area contributed by atoms with Crippen molar-refractivity contribution in [1.29, 1.82) is 0 Å². The maximum atomic E-state index is 13.0. The molecule has 2 aliphatic rings. The number of rotatable bonds is 5. The molecule has 2 fully saturated rings. The Bertz CT molecular complexity index is 1410. The number of hydrogen-bond acceptors (Lipinski definition) is 5. The molecule has 0 bridgehead atoms. The molecule has 2 aromatic carbocycles. The minimum atomic E-state index is -3.51. The lowest BCUT2D eigenvalue weighted by atomic mass is 9.98. The third-order valence-electron chi connectivity index (χ3n) is 6.81. The van der Waals surface area contributed by atoms with E-state index in [0.29, 0.717) is 60.6 Å². The lowest BCUT2D eigenvalue weighted by molar-refractivity contribution is -0.120. The Hall–Kier alpha value is -3.08. The number of carbonyl (C=O) groups excluding carboxylic acids is 1. The Morgan fingerprint density at radius 1 is 0.971 bits per heavy atom. The molecule has 1 atom stereocenters. The summed E-state index contributed by atoms with van der Waals surface area (Å²) >= 11 is 0. The highest BCUT2D eigenvalue weighted by atomic mass is 32.2. The van der Waals surface area contributed by atoms with Crippen LogP contribution in [-0.4, -0.2) is 58.7 Å². The summed E-state index contributed by atoms with van der Waals surface area (Å²) in [6.45, 7) is 3.54. The first-order valence-electron chi connectivity index (χ1n) is 12.0. The molecule has 3 heterocycles. The number of amides is 1. The summed E-state index contributed by atoms with van der Waals surface area (Å²) < 4.78 is 30.4. The topological polar surface area (TPSA) is 105 Å². The number of anilines is 1. The van der Waals surface area contributed by atoms with Gasteiger partial charge in [0.15, 0.2) is 0 Å². The average molecular weight is 496 g/mol. The second-order valence-corrected chi connectivity index (χ2v) is 11.1. The van der Waals surface area contributed by atoms with Gasteiger partial charge in [0.1, 0.15) is 5.82 Å². The fourth-order valence-electron chi connectivity index (χ4n) is 4.93. The van der Waals surface area contributed by atoms with Crippen LogP contribution in [0.25, 0.3) is 16.6 Å². The van der Waals surface area contributed by atoms with Crippen LogP contribution < -0.4 is 10.9 Å². The lowest BCUT2D eigenvalue weighted by Crippen LogP contribution is -2.49. The van der Waals surface area contributed by atoms with Crippen molar-refractivity contribution in [1.82, 2.24) is 18.2 Å². The van der Waals surface area contributed by atoms with Crippen LogP contribution in [0.3, 0.4) is 0 Å². The van der Waals surface area contributed by atoms with Gasteiger partial charge >= 0.3 is 0 Å². The van der Waals surface area contributed by atoms with E-state index in [9.17, 15) is 18.0 Å². The minimum Gasteiger partial charge on any atom is -0.326 e. The van der Waals surface area contributed by atoms with Crippen molar-refractivity contribution < 1.29 is 13.2 Å². The van der Waals surface area contributed by atoms with E-state index >= 15 is 0 Å². The highest BCUT2D eigenvalue weighted by Crippen LogP contribution is 2.25. The van der Waals surface area contributed by atoms with Gasteiger partial charge in [-0.05, 0) is 69.0 Å². The Balaban J connectivity index is 1.30. The van der Waals surface area contributed by atoms with Gasteiger partial charge in [-0.2, -0.15) is 17.0 Å². The fraction of sp³-hybridized carbons (Fsp3) is 0.400. The molecule has 1 unspecified atom stereocenters. The van der Waals surface area contributed by atoms with Crippen molar-refractivity contribution in [3.63, 3.8) is 0 Å². The number of nitrogens with one attached hydrogen (secondary N) is 1. The van der Waals surface area contributed by atoms with Crippen LogP contribution in [0.1, 0.15) is 31.5 Å². The van der Waals surface area contributed by atoms with Gasteiger partial charge in [-0.15, -0.1) is 0 Å². The smallest absolute Gasteiger partial charge is 0.281 e. The maximum Gasteiger partial charge on any atom is 0.281 e. The summed E-state index contributed by atoms with van der Waals surface area (Å²) in [4.78, 5) is 30.5. The summed E-state index contributed by atoms with van der Waals surface area (Å²) in [6.07, 6.45) is 3.07. The largest absolute Gasteiger partial charge is 0.326 e. The normalized spacial score (nSPS) is 19.7. The summed E-state index contributed by atoms with van der Waals surface area (Å²) in [7, 11) is -3.51. The zero-order chi connectivity index (χ0) is 24.6. The predicted octanol–water partition coefficient (Wildman–Crippen LogP) is 2.69. The standard InChI is InChI=1S/C25H29N5O4S/c1-18-26-23-9-3-2-8-22(23)25(32)30(18)21-12-10-20(11-13-21)27-24(31)19-7-6-16-29(17-19)35(33,34)28-14-4-5-15-28/h2-3,8-13,19H,4-7,14-17H2,1H3,(H,27,31). The van der Waals surface area contributed by atoms with Gasteiger partial charge in [0.05, 0.1) is 22.5 Å². The van der Waals surface area contributed by atoms with Crippen LogP contribution in [0.5, 0.6) is 0 Å². The molecule has 9 nitrogen and oxygen atoms in total. The van der Waals surface area contributed by atoms with Crippen LogP contribution in [0.2, 0.25) is 0 Å². The SMILES string of the molecule is Cc1nc2ccccc2c(=O)n1-c1ccc(NC(=O)C2CCCN(S(=O)(=O)N3CCCC3)C2)cc1. The lowest BCUT2D eigenvalue weighted by Gasteiger charge is -2.33.